The summed E-state index contributed by atoms with van der Waals surface area (Å²) < 4.78 is 18.4. The van der Waals surface area contributed by atoms with E-state index < -0.39 is 16.4 Å². The molecule has 7 heteroatoms. The fraction of sp³-hybridized carbons (Fsp3) is 0.400. The van der Waals surface area contributed by atoms with Crippen LogP contribution in [0.4, 0.5) is 10.1 Å². The molecule has 2 N–H and O–H groups in total. The van der Waals surface area contributed by atoms with Crippen LogP contribution in [0.2, 0.25) is 0 Å². The lowest BCUT2D eigenvalue weighted by molar-refractivity contribution is -0.388. The predicted molar refractivity (Wildman–Crippen MR) is 61.9 cm³/mol. The molecule has 0 aromatic heterocycles. The molecular formula is C10H12ClFN2O3. The number of nitrogens with zero attached hydrogens (tertiary/aromatic N) is 1. The Labute approximate surface area is 103 Å². The van der Waals surface area contributed by atoms with Gasteiger partial charge in [0.1, 0.15) is 6.61 Å². The standard InChI is InChI=1S/C10H11FN2O3.ClH/c11-7-2-1-3-8(9(7)13(14)15)16-6-10(12)4-5-10;/h1-3H,4-6,12H2;1H. The van der Waals surface area contributed by atoms with E-state index in [-0.39, 0.29) is 30.3 Å². The first kappa shape index (κ1) is 13.7. The fourth-order valence-electron chi connectivity index (χ4n) is 1.32. The second-order valence-corrected chi connectivity index (χ2v) is 3.99. The van der Waals surface area contributed by atoms with E-state index in [1.807, 2.05) is 0 Å². The highest BCUT2D eigenvalue weighted by Crippen LogP contribution is 2.35. The third kappa shape index (κ3) is 3.04. The Balaban J connectivity index is 0.00000144. The molecule has 94 valence electrons. The molecule has 0 heterocycles. The van der Waals surface area contributed by atoms with Crippen LogP contribution in [0.3, 0.4) is 0 Å². The molecule has 17 heavy (non-hydrogen) atoms. The van der Waals surface area contributed by atoms with E-state index in [4.69, 9.17) is 10.5 Å². The lowest BCUT2D eigenvalue weighted by Gasteiger charge is -2.11. The van der Waals surface area contributed by atoms with Crippen molar-refractivity contribution in [3.63, 3.8) is 0 Å². The zero-order valence-corrected chi connectivity index (χ0v) is 9.71. The molecule has 1 aromatic rings. The Bertz CT molecular complexity index is 438. The van der Waals surface area contributed by atoms with Crippen molar-refractivity contribution in [1.29, 1.82) is 0 Å². The molecule has 0 aliphatic heterocycles. The molecule has 0 amide bonds. The molecular weight excluding hydrogens is 251 g/mol. The molecule has 0 saturated heterocycles. The average molecular weight is 263 g/mol. The van der Waals surface area contributed by atoms with Gasteiger partial charge >= 0.3 is 5.69 Å². The summed E-state index contributed by atoms with van der Waals surface area (Å²) in [6.45, 7) is 0.178. The van der Waals surface area contributed by atoms with Crippen molar-refractivity contribution in [3.05, 3.63) is 34.1 Å². The molecule has 0 unspecified atom stereocenters. The zero-order chi connectivity index (χ0) is 11.8. The predicted octanol–water partition coefficient (Wildman–Crippen LogP) is 2.03. The van der Waals surface area contributed by atoms with Crippen molar-refractivity contribution in [2.75, 3.05) is 6.61 Å². The number of nitrogens with two attached hydrogens (primary N) is 1. The summed E-state index contributed by atoms with van der Waals surface area (Å²) in [7, 11) is 0. The Hall–Kier alpha value is -1.40. The smallest absolute Gasteiger partial charge is 0.346 e. The number of ether oxygens (including phenoxy) is 1. The van der Waals surface area contributed by atoms with Gasteiger partial charge in [-0.2, -0.15) is 4.39 Å². The van der Waals surface area contributed by atoms with E-state index in [9.17, 15) is 14.5 Å². The summed E-state index contributed by atoms with van der Waals surface area (Å²) in [5.41, 5.74) is 4.75. The maximum Gasteiger partial charge on any atom is 0.346 e. The minimum atomic E-state index is -0.899. The SMILES string of the molecule is Cl.NC1(COc2cccc(F)c2[N+](=O)[O-])CC1. The van der Waals surface area contributed by atoms with Gasteiger partial charge < -0.3 is 10.5 Å². The van der Waals surface area contributed by atoms with E-state index in [0.717, 1.165) is 18.9 Å². The third-order valence-corrected chi connectivity index (χ3v) is 2.54. The van der Waals surface area contributed by atoms with Crippen molar-refractivity contribution < 1.29 is 14.1 Å². The number of para-hydroxylation sites is 1. The molecule has 1 aliphatic rings. The van der Waals surface area contributed by atoms with Crippen molar-refractivity contribution >= 4 is 18.1 Å². The third-order valence-electron chi connectivity index (χ3n) is 2.54. The van der Waals surface area contributed by atoms with Crippen LogP contribution in [0.5, 0.6) is 5.75 Å². The molecule has 0 bridgehead atoms. The second kappa shape index (κ2) is 4.85. The number of nitro benzene ring substituents is 1. The van der Waals surface area contributed by atoms with Gasteiger partial charge in [-0.1, -0.05) is 6.07 Å². The van der Waals surface area contributed by atoms with Crippen molar-refractivity contribution in [3.8, 4) is 5.75 Å². The Morgan fingerprint density at radius 3 is 2.71 bits per heavy atom. The number of nitro groups is 1. The van der Waals surface area contributed by atoms with E-state index in [1.165, 1.54) is 12.1 Å². The molecule has 0 radical (unpaired) electrons. The van der Waals surface area contributed by atoms with Crippen LogP contribution in [0.15, 0.2) is 18.2 Å². The Kier molecular flexibility index (Phi) is 3.90. The first-order chi connectivity index (χ1) is 7.52. The van der Waals surface area contributed by atoms with Gasteiger partial charge in [0.05, 0.1) is 10.5 Å². The molecule has 1 aliphatic carbocycles. The summed E-state index contributed by atoms with van der Waals surface area (Å²) in [5.74, 6) is -0.967. The van der Waals surface area contributed by atoms with Crippen molar-refractivity contribution in [2.24, 2.45) is 5.73 Å². The average Bonchev–Trinajstić information content (AvgIpc) is 2.94. The van der Waals surface area contributed by atoms with Gasteiger partial charge in [0.2, 0.25) is 5.82 Å². The van der Waals surface area contributed by atoms with Crippen LogP contribution in [0.25, 0.3) is 0 Å². The summed E-state index contributed by atoms with van der Waals surface area (Å²) in [6, 6.07) is 3.76. The minimum Gasteiger partial charge on any atom is -0.485 e. The van der Waals surface area contributed by atoms with E-state index >= 15 is 0 Å². The summed E-state index contributed by atoms with van der Waals surface area (Å²) in [6.07, 6.45) is 1.66. The first-order valence-electron chi connectivity index (χ1n) is 4.86. The lowest BCUT2D eigenvalue weighted by Crippen LogP contribution is -2.29. The highest BCUT2D eigenvalue weighted by molar-refractivity contribution is 5.85. The van der Waals surface area contributed by atoms with Gasteiger partial charge in [0.25, 0.3) is 0 Å². The minimum absolute atomic E-state index is 0. The number of rotatable bonds is 4. The Morgan fingerprint density at radius 1 is 1.53 bits per heavy atom. The molecule has 2 rings (SSSR count). The van der Waals surface area contributed by atoms with Gasteiger partial charge in [-0.15, -0.1) is 12.4 Å². The molecule has 1 fully saturated rings. The fourth-order valence-corrected chi connectivity index (χ4v) is 1.32. The van der Waals surface area contributed by atoms with Gasteiger partial charge in [0.15, 0.2) is 5.75 Å². The number of hydrogen-bond donors (Lipinski definition) is 1. The largest absolute Gasteiger partial charge is 0.485 e. The van der Waals surface area contributed by atoms with Crippen molar-refractivity contribution in [1.82, 2.24) is 0 Å². The number of hydrogen-bond acceptors (Lipinski definition) is 4. The van der Waals surface area contributed by atoms with Crippen LogP contribution in [-0.2, 0) is 0 Å². The van der Waals surface area contributed by atoms with Crippen LogP contribution < -0.4 is 10.5 Å². The van der Waals surface area contributed by atoms with E-state index in [2.05, 4.69) is 0 Å². The normalized spacial score (nSPS) is 15.9. The summed E-state index contributed by atoms with van der Waals surface area (Å²) in [5, 5.41) is 10.6. The molecule has 1 saturated carbocycles. The summed E-state index contributed by atoms with van der Waals surface area (Å²) >= 11 is 0. The second-order valence-electron chi connectivity index (χ2n) is 3.99. The van der Waals surface area contributed by atoms with Crippen LogP contribution in [0, 0.1) is 15.9 Å². The molecule has 5 nitrogen and oxygen atoms in total. The molecule has 0 spiro atoms. The lowest BCUT2D eigenvalue weighted by atomic mass is 10.2. The van der Waals surface area contributed by atoms with Crippen LogP contribution >= 0.6 is 12.4 Å². The van der Waals surface area contributed by atoms with Gasteiger partial charge in [-0.25, -0.2) is 0 Å². The van der Waals surface area contributed by atoms with Crippen LogP contribution in [-0.4, -0.2) is 17.1 Å². The molecule has 1 aromatic carbocycles. The van der Waals surface area contributed by atoms with E-state index in [1.54, 1.807) is 0 Å². The van der Waals surface area contributed by atoms with Crippen molar-refractivity contribution in [2.45, 2.75) is 18.4 Å². The zero-order valence-electron chi connectivity index (χ0n) is 8.89. The maximum absolute atomic E-state index is 13.2. The highest BCUT2D eigenvalue weighted by Gasteiger charge is 2.39. The number of benzene rings is 1. The monoisotopic (exact) mass is 262 g/mol. The van der Waals surface area contributed by atoms with Gasteiger partial charge in [0, 0.05) is 0 Å². The highest BCUT2D eigenvalue weighted by atomic mass is 35.5. The maximum atomic E-state index is 13.2. The summed E-state index contributed by atoms with van der Waals surface area (Å²) in [4.78, 5) is 9.85. The van der Waals surface area contributed by atoms with Crippen LogP contribution in [0.1, 0.15) is 12.8 Å². The first-order valence-corrected chi connectivity index (χ1v) is 4.86. The van der Waals surface area contributed by atoms with Gasteiger partial charge in [-0.05, 0) is 25.0 Å². The Morgan fingerprint density at radius 2 is 2.18 bits per heavy atom. The van der Waals surface area contributed by atoms with Gasteiger partial charge in [-0.3, -0.25) is 10.1 Å². The van der Waals surface area contributed by atoms with E-state index in [0.29, 0.717) is 0 Å². The quantitative estimate of drug-likeness (QED) is 0.665. The number of halogens is 2. The topological polar surface area (TPSA) is 78.4 Å². The molecule has 0 atom stereocenters.